The van der Waals surface area contributed by atoms with Crippen molar-refractivity contribution in [1.82, 2.24) is 4.31 Å². The van der Waals surface area contributed by atoms with Crippen LogP contribution in [0, 0.1) is 12.7 Å². The standard InChI is InChI=1S/C11H12FNO4S2/c1-7-2-3-8(12)4-10(7)19(16,17)13-6-18-5-9(13)11(14)15/h2-4,9H,5-6H2,1H3,(H,14,15)/t9-/m1/s1. The summed E-state index contributed by atoms with van der Waals surface area (Å²) in [5.74, 6) is -1.59. The van der Waals surface area contributed by atoms with Gasteiger partial charge >= 0.3 is 5.97 Å². The number of aryl methyl sites for hydroxylation is 1. The van der Waals surface area contributed by atoms with Gasteiger partial charge < -0.3 is 5.11 Å². The zero-order valence-corrected chi connectivity index (χ0v) is 11.7. The van der Waals surface area contributed by atoms with Gasteiger partial charge in [0.2, 0.25) is 10.0 Å². The van der Waals surface area contributed by atoms with Gasteiger partial charge in [-0.05, 0) is 24.6 Å². The van der Waals surface area contributed by atoms with Crippen molar-refractivity contribution in [3.05, 3.63) is 29.6 Å². The molecule has 0 saturated carbocycles. The summed E-state index contributed by atoms with van der Waals surface area (Å²) in [6.45, 7) is 1.55. The number of carbonyl (C=O) groups is 1. The molecule has 0 radical (unpaired) electrons. The van der Waals surface area contributed by atoms with Gasteiger partial charge in [-0.1, -0.05) is 6.07 Å². The van der Waals surface area contributed by atoms with E-state index in [2.05, 4.69) is 0 Å². The van der Waals surface area contributed by atoms with Crippen LogP contribution in [0.25, 0.3) is 0 Å². The molecule has 1 atom stereocenters. The first-order valence-electron chi connectivity index (χ1n) is 5.42. The molecule has 1 fully saturated rings. The van der Waals surface area contributed by atoms with Gasteiger partial charge in [0.1, 0.15) is 11.9 Å². The Balaban J connectivity index is 2.48. The van der Waals surface area contributed by atoms with Gasteiger partial charge in [-0.2, -0.15) is 4.31 Å². The number of halogens is 1. The molecule has 1 aromatic carbocycles. The van der Waals surface area contributed by atoms with E-state index < -0.39 is 27.9 Å². The number of sulfonamides is 1. The lowest BCUT2D eigenvalue weighted by molar-refractivity contribution is -0.140. The van der Waals surface area contributed by atoms with E-state index in [0.717, 1.165) is 10.4 Å². The lowest BCUT2D eigenvalue weighted by Crippen LogP contribution is -2.41. The lowest BCUT2D eigenvalue weighted by Gasteiger charge is -2.21. The number of thioether (sulfide) groups is 1. The monoisotopic (exact) mass is 305 g/mol. The maximum absolute atomic E-state index is 13.2. The van der Waals surface area contributed by atoms with Crippen molar-refractivity contribution in [3.63, 3.8) is 0 Å². The Hall–Kier alpha value is -1.12. The summed E-state index contributed by atoms with van der Waals surface area (Å²) in [5, 5.41) is 9.02. The molecule has 0 amide bonds. The van der Waals surface area contributed by atoms with Gasteiger partial charge in [-0.25, -0.2) is 12.8 Å². The third-order valence-corrected chi connectivity index (χ3v) is 6.04. The summed E-state index contributed by atoms with van der Waals surface area (Å²) in [6, 6.07) is 2.35. The molecule has 1 aliphatic rings. The molecule has 0 aromatic heterocycles. The number of carboxylic acid groups (broad SMARTS) is 1. The molecular weight excluding hydrogens is 293 g/mol. The fourth-order valence-corrected chi connectivity index (χ4v) is 5.21. The van der Waals surface area contributed by atoms with Crippen LogP contribution in [0.4, 0.5) is 4.39 Å². The van der Waals surface area contributed by atoms with Crippen molar-refractivity contribution in [2.45, 2.75) is 17.9 Å². The molecule has 1 aliphatic heterocycles. The largest absolute Gasteiger partial charge is 0.480 e. The first-order valence-corrected chi connectivity index (χ1v) is 8.02. The number of benzene rings is 1. The zero-order valence-electron chi connectivity index (χ0n) is 10.0. The highest BCUT2D eigenvalue weighted by molar-refractivity contribution is 8.00. The summed E-state index contributed by atoms with van der Waals surface area (Å²) in [6.07, 6.45) is 0. The van der Waals surface area contributed by atoms with Crippen molar-refractivity contribution in [2.75, 3.05) is 11.6 Å². The topological polar surface area (TPSA) is 74.7 Å². The SMILES string of the molecule is Cc1ccc(F)cc1S(=O)(=O)N1CSC[C@@H]1C(=O)O. The number of aliphatic carboxylic acids is 1. The number of hydrogen-bond acceptors (Lipinski definition) is 4. The quantitative estimate of drug-likeness (QED) is 0.910. The van der Waals surface area contributed by atoms with E-state index in [-0.39, 0.29) is 16.5 Å². The molecule has 1 N–H and O–H groups in total. The van der Waals surface area contributed by atoms with E-state index in [1.165, 1.54) is 23.9 Å². The Kier molecular flexibility index (Phi) is 3.84. The van der Waals surface area contributed by atoms with E-state index in [4.69, 9.17) is 5.11 Å². The first-order chi connectivity index (χ1) is 8.84. The van der Waals surface area contributed by atoms with Gasteiger partial charge in [0.25, 0.3) is 0 Å². The predicted octanol–water partition coefficient (Wildman–Crippen LogP) is 1.28. The molecule has 8 heteroatoms. The normalized spacial score (nSPS) is 20.6. The first kappa shape index (κ1) is 14.3. The predicted molar refractivity (Wildman–Crippen MR) is 68.9 cm³/mol. The molecule has 0 unspecified atom stereocenters. The summed E-state index contributed by atoms with van der Waals surface area (Å²) in [7, 11) is -3.99. The highest BCUT2D eigenvalue weighted by atomic mass is 32.2. The minimum absolute atomic E-state index is 0.0647. The molecule has 1 saturated heterocycles. The molecule has 5 nitrogen and oxygen atoms in total. The third-order valence-electron chi connectivity index (χ3n) is 2.86. The maximum Gasteiger partial charge on any atom is 0.322 e. The Morgan fingerprint density at radius 3 is 2.84 bits per heavy atom. The molecule has 104 valence electrons. The summed E-state index contributed by atoms with van der Waals surface area (Å²) in [5.41, 5.74) is 0.391. The van der Waals surface area contributed by atoms with E-state index in [1.54, 1.807) is 6.92 Å². The van der Waals surface area contributed by atoms with E-state index >= 15 is 0 Å². The zero-order chi connectivity index (χ0) is 14.2. The number of carboxylic acids is 1. The summed E-state index contributed by atoms with van der Waals surface area (Å²) in [4.78, 5) is 10.9. The number of hydrogen-bond donors (Lipinski definition) is 1. The lowest BCUT2D eigenvalue weighted by atomic mass is 10.2. The van der Waals surface area contributed by atoms with Crippen molar-refractivity contribution in [1.29, 1.82) is 0 Å². The van der Waals surface area contributed by atoms with Crippen LogP contribution in [0.15, 0.2) is 23.1 Å². The number of nitrogens with zero attached hydrogens (tertiary/aromatic N) is 1. The van der Waals surface area contributed by atoms with Gasteiger partial charge in [0, 0.05) is 5.75 Å². The van der Waals surface area contributed by atoms with Crippen LogP contribution in [0.3, 0.4) is 0 Å². The highest BCUT2D eigenvalue weighted by Gasteiger charge is 2.40. The molecule has 1 aromatic rings. The molecule has 2 rings (SSSR count). The van der Waals surface area contributed by atoms with Crippen molar-refractivity contribution < 1.29 is 22.7 Å². The summed E-state index contributed by atoms with van der Waals surface area (Å²) < 4.78 is 38.9. The van der Waals surface area contributed by atoms with Crippen molar-refractivity contribution in [3.8, 4) is 0 Å². The average Bonchev–Trinajstić information content (AvgIpc) is 2.82. The van der Waals surface area contributed by atoms with Crippen LogP contribution < -0.4 is 0 Å². The van der Waals surface area contributed by atoms with Crippen molar-refractivity contribution in [2.24, 2.45) is 0 Å². The minimum Gasteiger partial charge on any atom is -0.480 e. The Morgan fingerprint density at radius 1 is 1.53 bits per heavy atom. The van der Waals surface area contributed by atoms with Crippen molar-refractivity contribution >= 4 is 27.8 Å². The van der Waals surface area contributed by atoms with Crippen LogP contribution in [-0.4, -0.2) is 41.5 Å². The second-order valence-corrected chi connectivity index (χ2v) is 7.01. The second-order valence-electron chi connectivity index (χ2n) is 4.16. The van der Waals surface area contributed by atoms with Crippen LogP contribution in [0.2, 0.25) is 0 Å². The van der Waals surface area contributed by atoms with Gasteiger partial charge in [-0.15, -0.1) is 11.8 Å². The van der Waals surface area contributed by atoms with E-state index in [9.17, 15) is 17.6 Å². The molecule has 0 aliphatic carbocycles. The maximum atomic E-state index is 13.2. The third kappa shape index (κ3) is 2.60. The van der Waals surface area contributed by atoms with E-state index in [1.807, 2.05) is 0 Å². The number of rotatable bonds is 3. The molecule has 0 bridgehead atoms. The fourth-order valence-electron chi connectivity index (χ4n) is 1.84. The van der Waals surface area contributed by atoms with E-state index in [0.29, 0.717) is 5.56 Å². The minimum atomic E-state index is -3.99. The Morgan fingerprint density at radius 2 is 2.21 bits per heavy atom. The average molecular weight is 305 g/mol. The Labute approximate surface area is 114 Å². The van der Waals surface area contributed by atoms with Gasteiger partial charge in [0.15, 0.2) is 0 Å². The van der Waals surface area contributed by atoms with Gasteiger partial charge in [-0.3, -0.25) is 4.79 Å². The van der Waals surface area contributed by atoms with Crippen LogP contribution >= 0.6 is 11.8 Å². The summed E-state index contributed by atoms with van der Waals surface area (Å²) >= 11 is 1.22. The molecule has 19 heavy (non-hydrogen) atoms. The smallest absolute Gasteiger partial charge is 0.322 e. The van der Waals surface area contributed by atoms with Gasteiger partial charge in [0.05, 0.1) is 10.8 Å². The fraction of sp³-hybridized carbons (Fsp3) is 0.364. The molecule has 1 heterocycles. The molecular formula is C11H12FNO4S2. The molecule has 0 spiro atoms. The Bertz CT molecular complexity index is 617. The van der Waals surface area contributed by atoms with Crippen LogP contribution in [0.1, 0.15) is 5.56 Å². The van der Waals surface area contributed by atoms with Crippen LogP contribution in [0.5, 0.6) is 0 Å². The highest BCUT2D eigenvalue weighted by Crippen LogP contribution is 2.30. The van der Waals surface area contributed by atoms with Crippen LogP contribution in [-0.2, 0) is 14.8 Å². The second kappa shape index (κ2) is 5.10.